The van der Waals surface area contributed by atoms with Gasteiger partial charge in [0.05, 0.1) is 33.6 Å². The second kappa shape index (κ2) is 18.0. The fourth-order valence-corrected chi connectivity index (χ4v) is 6.43. The zero-order valence-corrected chi connectivity index (χ0v) is 30.9. The molecule has 5 N–H and O–H groups in total. The predicted molar refractivity (Wildman–Crippen MR) is 198 cm³/mol. The number of carbonyl (C=O) groups is 2. The molecule has 252 valence electrons. The third-order valence-electron chi connectivity index (χ3n) is 7.78. The molecule has 4 atom stereocenters. The van der Waals surface area contributed by atoms with Gasteiger partial charge < -0.3 is 21.7 Å². The Balaban J connectivity index is 2.57. The molecule has 10 heteroatoms. The molecular weight excluding hydrogens is 613 g/mol. The van der Waals surface area contributed by atoms with Crippen molar-refractivity contribution in [2.45, 2.75) is 93.8 Å². The minimum absolute atomic E-state index is 0.0162. The summed E-state index contributed by atoms with van der Waals surface area (Å²) in [6, 6.07) is 6.38. The van der Waals surface area contributed by atoms with E-state index in [1.54, 1.807) is 6.08 Å². The van der Waals surface area contributed by atoms with Crippen molar-refractivity contribution in [3.05, 3.63) is 80.4 Å². The quantitative estimate of drug-likeness (QED) is 0.0644. The molecule has 0 saturated heterocycles. The number of aliphatic imine (C=N–C) groups is 2. The lowest BCUT2D eigenvalue weighted by Gasteiger charge is -2.34. The lowest BCUT2D eigenvalue weighted by Crippen LogP contribution is -2.50. The van der Waals surface area contributed by atoms with Crippen LogP contribution in [0.2, 0.25) is 0 Å². The molecule has 0 fully saturated rings. The zero-order valence-electron chi connectivity index (χ0n) is 29.2. The number of hydrogen-bond acceptors (Lipinski definition) is 6. The van der Waals surface area contributed by atoms with Crippen LogP contribution in [0.1, 0.15) is 90.9 Å². The van der Waals surface area contributed by atoms with Gasteiger partial charge in [-0.15, -0.1) is 22.7 Å². The van der Waals surface area contributed by atoms with Gasteiger partial charge in [0.2, 0.25) is 0 Å². The number of amidine groups is 2. The van der Waals surface area contributed by atoms with E-state index < -0.39 is 11.5 Å². The van der Waals surface area contributed by atoms with Crippen molar-refractivity contribution < 1.29 is 9.59 Å². The van der Waals surface area contributed by atoms with Crippen molar-refractivity contribution in [1.82, 2.24) is 16.0 Å². The first kappa shape index (κ1) is 38.7. The Morgan fingerprint density at radius 2 is 1.46 bits per heavy atom. The fraction of sp³-hybridized carbons (Fsp3) is 0.500. The average Bonchev–Trinajstić information content (AvgIpc) is 3.64. The highest BCUT2D eigenvalue weighted by Gasteiger charge is 2.35. The second-order valence-electron chi connectivity index (χ2n) is 12.3. The summed E-state index contributed by atoms with van der Waals surface area (Å²) in [5, 5.41) is 9.74. The van der Waals surface area contributed by atoms with Crippen LogP contribution < -0.4 is 21.7 Å². The molecule has 8 nitrogen and oxygen atoms in total. The van der Waals surface area contributed by atoms with Crippen molar-refractivity contribution in [2.24, 2.45) is 33.0 Å². The first-order chi connectivity index (χ1) is 21.7. The largest absolute Gasteiger partial charge is 0.386 e. The molecule has 2 aromatic rings. The van der Waals surface area contributed by atoms with Crippen molar-refractivity contribution in [1.29, 1.82) is 0 Å². The maximum absolute atomic E-state index is 13.3. The number of amides is 2. The maximum Gasteiger partial charge on any atom is 0.261 e. The first-order valence-corrected chi connectivity index (χ1v) is 17.7. The molecule has 0 saturated carbocycles. The number of thiophene rings is 2. The Labute approximate surface area is 284 Å². The fourth-order valence-electron chi connectivity index (χ4n) is 4.89. The molecule has 0 bridgehead atoms. The molecule has 2 aromatic heterocycles. The van der Waals surface area contributed by atoms with Crippen LogP contribution >= 0.6 is 22.7 Å². The maximum atomic E-state index is 13.3. The molecule has 0 spiro atoms. The number of likely N-dealkylation sites (N-methyl/N-ethyl adjacent to an activating group) is 1. The molecule has 46 heavy (non-hydrogen) atoms. The minimum atomic E-state index is -0.706. The number of hydrogen-bond donors (Lipinski definition) is 4. The van der Waals surface area contributed by atoms with Crippen LogP contribution in [-0.2, 0) is 0 Å². The number of nitrogens with one attached hydrogen (secondary N) is 3. The molecule has 0 aliphatic carbocycles. The highest BCUT2D eigenvalue weighted by molar-refractivity contribution is 7.14. The molecule has 0 radical (unpaired) electrons. The van der Waals surface area contributed by atoms with E-state index in [2.05, 4.69) is 62.4 Å². The summed E-state index contributed by atoms with van der Waals surface area (Å²) >= 11 is 2.92. The van der Waals surface area contributed by atoms with Gasteiger partial charge >= 0.3 is 0 Å². The third-order valence-corrected chi connectivity index (χ3v) is 9.78. The van der Waals surface area contributed by atoms with Crippen molar-refractivity contribution in [2.75, 3.05) is 6.54 Å². The lowest BCUT2D eigenvalue weighted by atomic mass is 9.79. The van der Waals surface area contributed by atoms with E-state index in [1.165, 1.54) is 22.7 Å². The Hall–Kier alpha value is -3.50. The predicted octanol–water partition coefficient (Wildman–Crippen LogP) is 7.43. The summed E-state index contributed by atoms with van der Waals surface area (Å²) in [5.41, 5.74) is 6.69. The highest BCUT2D eigenvalue weighted by atomic mass is 32.1. The second-order valence-corrected chi connectivity index (χ2v) is 14.9. The number of allylic oxidation sites excluding steroid dienone is 3. The van der Waals surface area contributed by atoms with Gasteiger partial charge in [-0.2, -0.15) is 0 Å². The van der Waals surface area contributed by atoms with Gasteiger partial charge in [-0.25, -0.2) is 4.99 Å². The van der Waals surface area contributed by atoms with Gasteiger partial charge in [-0.3, -0.25) is 14.6 Å². The summed E-state index contributed by atoms with van der Waals surface area (Å²) in [5.74, 6) is 0.790. The smallest absolute Gasteiger partial charge is 0.261 e. The topological polar surface area (TPSA) is 121 Å². The van der Waals surface area contributed by atoms with Gasteiger partial charge in [-0.1, -0.05) is 59.4 Å². The van der Waals surface area contributed by atoms with Crippen LogP contribution in [0, 0.1) is 31.1 Å². The van der Waals surface area contributed by atoms with Gasteiger partial charge in [0.1, 0.15) is 11.7 Å². The number of carbonyl (C=O) groups excluding carboxylic acids is 2. The number of nitrogens with two attached hydrogens (primary N) is 1. The van der Waals surface area contributed by atoms with Crippen LogP contribution in [0.15, 0.2) is 70.8 Å². The van der Waals surface area contributed by atoms with Crippen LogP contribution in [0.5, 0.6) is 0 Å². The molecule has 2 heterocycles. The van der Waals surface area contributed by atoms with Crippen LogP contribution in [0.4, 0.5) is 0 Å². The average molecular weight is 667 g/mol. The monoisotopic (exact) mass is 666 g/mol. The summed E-state index contributed by atoms with van der Waals surface area (Å²) in [4.78, 5) is 40.0. The Morgan fingerprint density at radius 3 is 1.87 bits per heavy atom. The number of rotatable bonds is 16. The van der Waals surface area contributed by atoms with E-state index in [1.807, 2.05) is 71.9 Å². The Kier molecular flexibility index (Phi) is 15.1. The van der Waals surface area contributed by atoms with E-state index in [4.69, 9.17) is 15.7 Å². The van der Waals surface area contributed by atoms with E-state index >= 15 is 0 Å². The van der Waals surface area contributed by atoms with Crippen LogP contribution in [0.3, 0.4) is 0 Å². The normalized spacial score (nSPS) is 16.3. The summed E-state index contributed by atoms with van der Waals surface area (Å²) in [6.07, 6.45) is 8.65. The van der Waals surface area contributed by atoms with Gasteiger partial charge in [0.25, 0.3) is 11.8 Å². The Bertz CT molecular complexity index is 1450. The minimum Gasteiger partial charge on any atom is -0.386 e. The summed E-state index contributed by atoms with van der Waals surface area (Å²) in [6.45, 7) is 24.9. The van der Waals surface area contributed by atoms with Crippen molar-refractivity contribution in [3.63, 3.8) is 0 Å². The standard InChI is InChI=1S/C36H54N6O2S2/c1-12-15-21-36(11,26(10)39-32(37)30(22(4)5)41-34(43)27-19-17-24(8)45-27)29(16-13-2)40-33(38-14-3)31(23(6)7)42-35(44)28-20-18-25(9)46-28/h13,15-23,26,30-31H,2,12,14H2,1,3-11H3,(H2,37,39)(H,38,40)(H,41,43)(H,42,44)/b21-15-,29-16-/t26-,30+,31+,36-/m1/s1. The van der Waals surface area contributed by atoms with Crippen LogP contribution in [-0.4, -0.2) is 48.2 Å². The molecule has 0 aromatic carbocycles. The SMILES string of the molecule is C=C/C=C(\N=C(/NCC)[C@@H](NC(=O)c1ccc(C)s1)C(C)C)[C@](C)(/C=C\CC)[C@@H](C)/N=C(\N)[C@@H](NC(=O)c1ccc(C)s1)C(C)C. The Morgan fingerprint density at radius 1 is 0.935 bits per heavy atom. The van der Waals surface area contributed by atoms with E-state index in [0.717, 1.165) is 21.9 Å². The summed E-state index contributed by atoms with van der Waals surface area (Å²) in [7, 11) is 0. The molecule has 0 aliphatic heterocycles. The molecule has 0 unspecified atom stereocenters. The van der Waals surface area contributed by atoms with Crippen LogP contribution in [0.25, 0.3) is 0 Å². The number of nitrogens with zero attached hydrogens (tertiary/aromatic N) is 2. The van der Waals surface area contributed by atoms with Gasteiger partial charge in [-0.05, 0) is 83.2 Å². The van der Waals surface area contributed by atoms with Gasteiger partial charge in [0, 0.05) is 21.7 Å². The lowest BCUT2D eigenvalue weighted by molar-refractivity contribution is 0.0935. The molecule has 0 aliphatic rings. The van der Waals surface area contributed by atoms with Gasteiger partial charge in [0.15, 0.2) is 0 Å². The molecule has 2 amide bonds. The van der Waals surface area contributed by atoms with E-state index in [-0.39, 0.29) is 35.7 Å². The van der Waals surface area contributed by atoms with E-state index in [9.17, 15) is 9.59 Å². The first-order valence-electron chi connectivity index (χ1n) is 16.1. The highest BCUT2D eigenvalue weighted by Crippen LogP contribution is 2.37. The number of aryl methyl sites for hydroxylation is 2. The van der Waals surface area contributed by atoms with E-state index in [0.29, 0.717) is 28.0 Å². The molecular formula is C36H54N6O2S2. The van der Waals surface area contributed by atoms with Crippen molar-refractivity contribution in [3.8, 4) is 0 Å². The zero-order chi connectivity index (χ0) is 34.6. The molecule has 2 rings (SSSR count). The third kappa shape index (κ3) is 10.5. The van der Waals surface area contributed by atoms with Crippen molar-refractivity contribution >= 4 is 46.2 Å². The summed E-state index contributed by atoms with van der Waals surface area (Å²) < 4.78 is 0.